The van der Waals surface area contributed by atoms with E-state index in [1.807, 2.05) is 0 Å². The summed E-state index contributed by atoms with van der Waals surface area (Å²) in [5, 5.41) is 19.7. The van der Waals surface area contributed by atoms with Gasteiger partial charge < -0.3 is 9.84 Å². The molecule has 0 aliphatic rings. The van der Waals surface area contributed by atoms with Gasteiger partial charge in [0.05, 0.1) is 22.3 Å². The number of rotatable bonds is 7. The minimum absolute atomic E-state index is 0.0584. The summed E-state index contributed by atoms with van der Waals surface area (Å²) < 4.78 is 5.44. The molecule has 1 aromatic rings. The van der Waals surface area contributed by atoms with E-state index in [0.29, 0.717) is 4.90 Å². The van der Waals surface area contributed by atoms with E-state index in [4.69, 9.17) is 9.84 Å². The summed E-state index contributed by atoms with van der Waals surface area (Å²) in [7, 11) is 0. The molecular weight excluding hydrogens is 282 g/mol. The summed E-state index contributed by atoms with van der Waals surface area (Å²) >= 11 is 1.17. The van der Waals surface area contributed by atoms with Crippen LogP contribution in [0.3, 0.4) is 0 Å². The fraction of sp³-hybridized carbons (Fsp3) is 0.462. The van der Waals surface area contributed by atoms with Crippen molar-refractivity contribution in [2.24, 2.45) is 0 Å². The lowest BCUT2D eigenvalue weighted by Crippen LogP contribution is -2.09. The zero-order valence-electron chi connectivity index (χ0n) is 11.5. The van der Waals surface area contributed by atoms with Crippen LogP contribution in [0.2, 0.25) is 0 Å². The Bertz CT molecular complexity index is 504. The SMILES string of the molecule is CC(C)Oc1cccc(SC(C)CC(=O)O)c1[N+](=O)[O-]. The van der Waals surface area contributed by atoms with Crippen LogP contribution in [0.5, 0.6) is 5.75 Å². The number of aliphatic carboxylic acids is 1. The monoisotopic (exact) mass is 299 g/mol. The lowest BCUT2D eigenvalue weighted by Gasteiger charge is -2.13. The van der Waals surface area contributed by atoms with Crippen LogP contribution in [0.4, 0.5) is 5.69 Å². The zero-order valence-corrected chi connectivity index (χ0v) is 12.3. The third-order valence-corrected chi connectivity index (χ3v) is 3.45. The molecule has 1 unspecified atom stereocenters. The van der Waals surface area contributed by atoms with E-state index in [-0.39, 0.29) is 29.2 Å². The molecule has 0 heterocycles. The predicted octanol–water partition coefficient (Wildman–Crippen LogP) is 3.34. The molecule has 20 heavy (non-hydrogen) atoms. The van der Waals surface area contributed by atoms with Crippen molar-refractivity contribution < 1.29 is 19.6 Å². The molecule has 0 aromatic heterocycles. The van der Waals surface area contributed by atoms with E-state index < -0.39 is 10.9 Å². The summed E-state index contributed by atoms with van der Waals surface area (Å²) in [6, 6.07) is 4.82. The summed E-state index contributed by atoms with van der Waals surface area (Å²) in [4.78, 5) is 21.8. The van der Waals surface area contributed by atoms with Crippen LogP contribution in [0.15, 0.2) is 23.1 Å². The van der Waals surface area contributed by atoms with Crippen LogP contribution in [0, 0.1) is 10.1 Å². The fourth-order valence-electron chi connectivity index (χ4n) is 1.63. The molecule has 6 nitrogen and oxygen atoms in total. The van der Waals surface area contributed by atoms with Gasteiger partial charge in [-0.2, -0.15) is 0 Å². The van der Waals surface area contributed by atoms with Crippen molar-refractivity contribution in [3.05, 3.63) is 28.3 Å². The first-order valence-electron chi connectivity index (χ1n) is 6.13. The van der Waals surface area contributed by atoms with E-state index in [0.717, 1.165) is 0 Å². The van der Waals surface area contributed by atoms with Gasteiger partial charge in [0, 0.05) is 5.25 Å². The number of nitro groups is 1. The maximum absolute atomic E-state index is 11.2. The Morgan fingerprint density at radius 2 is 2.10 bits per heavy atom. The van der Waals surface area contributed by atoms with Crippen molar-refractivity contribution in [3.63, 3.8) is 0 Å². The van der Waals surface area contributed by atoms with E-state index in [1.54, 1.807) is 39.0 Å². The Labute approximate surface area is 121 Å². The van der Waals surface area contributed by atoms with Crippen molar-refractivity contribution >= 4 is 23.4 Å². The third-order valence-electron chi connectivity index (χ3n) is 2.30. The van der Waals surface area contributed by atoms with Gasteiger partial charge in [-0.05, 0) is 26.0 Å². The van der Waals surface area contributed by atoms with Crippen LogP contribution < -0.4 is 4.74 Å². The van der Waals surface area contributed by atoms with E-state index >= 15 is 0 Å². The molecule has 0 radical (unpaired) electrons. The first-order valence-corrected chi connectivity index (χ1v) is 7.01. The van der Waals surface area contributed by atoms with Gasteiger partial charge >= 0.3 is 11.7 Å². The third kappa shape index (κ3) is 4.73. The quantitative estimate of drug-likeness (QED) is 0.472. The highest BCUT2D eigenvalue weighted by molar-refractivity contribution is 8.00. The number of hydrogen-bond donors (Lipinski definition) is 1. The Morgan fingerprint density at radius 1 is 1.45 bits per heavy atom. The maximum atomic E-state index is 11.2. The van der Waals surface area contributed by atoms with Crippen molar-refractivity contribution in [1.29, 1.82) is 0 Å². The molecule has 1 aromatic carbocycles. The smallest absolute Gasteiger partial charge is 0.324 e. The van der Waals surface area contributed by atoms with Crippen molar-refractivity contribution in [3.8, 4) is 5.75 Å². The van der Waals surface area contributed by atoms with Crippen LogP contribution in [-0.4, -0.2) is 27.4 Å². The molecule has 1 rings (SSSR count). The van der Waals surface area contributed by atoms with Crippen molar-refractivity contribution in [1.82, 2.24) is 0 Å². The Balaban J connectivity index is 3.06. The number of ether oxygens (including phenoxy) is 1. The first-order chi connectivity index (χ1) is 9.31. The predicted molar refractivity (Wildman–Crippen MR) is 76.4 cm³/mol. The molecule has 0 saturated heterocycles. The second kappa shape index (κ2) is 7.14. The normalized spacial score (nSPS) is 12.2. The van der Waals surface area contributed by atoms with Gasteiger partial charge in [-0.1, -0.05) is 13.0 Å². The number of carboxylic acids is 1. The average Bonchev–Trinajstić information content (AvgIpc) is 2.26. The highest BCUT2D eigenvalue weighted by Gasteiger charge is 2.24. The van der Waals surface area contributed by atoms with Crippen LogP contribution >= 0.6 is 11.8 Å². The molecule has 0 aliphatic carbocycles. The summed E-state index contributed by atoms with van der Waals surface area (Å²) in [6.45, 7) is 5.30. The second-order valence-electron chi connectivity index (χ2n) is 4.55. The van der Waals surface area contributed by atoms with Gasteiger partial charge in [0.15, 0.2) is 5.75 Å². The van der Waals surface area contributed by atoms with Crippen LogP contribution in [0.1, 0.15) is 27.2 Å². The number of carboxylic acid groups (broad SMARTS) is 1. The number of hydrogen-bond acceptors (Lipinski definition) is 5. The second-order valence-corrected chi connectivity index (χ2v) is 6.03. The number of benzene rings is 1. The van der Waals surface area contributed by atoms with Gasteiger partial charge in [-0.15, -0.1) is 11.8 Å². The number of nitrogens with zero attached hydrogens (tertiary/aromatic N) is 1. The molecule has 1 atom stereocenters. The Morgan fingerprint density at radius 3 is 2.60 bits per heavy atom. The molecule has 0 amide bonds. The summed E-state index contributed by atoms with van der Waals surface area (Å²) in [6.07, 6.45) is -0.234. The maximum Gasteiger partial charge on any atom is 0.324 e. The molecule has 0 bridgehead atoms. The van der Waals surface area contributed by atoms with Crippen LogP contribution in [-0.2, 0) is 4.79 Å². The number of para-hydroxylation sites is 1. The number of nitro benzene ring substituents is 1. The lowest BCUT2D eigenvalue weighted by atomic mass is 10.3. The molecule has 0 aliphatic heterocycles. The average molecular weight is 299 g/mol. The minimum Gasteiger partial charge on any atom is -0.484 e. The Hall–Kier alpha value is -1.76. The van der Waals surface area contributed by atoms with Gasteiger partial charge in [0.1, 0.15) is 0 Å². The fourth-order valence-corrected chi connectivity index (χ4v) is 2.73. The van der Waals surface area contributed by atoms with E-state index in [1.165, 1.54) is 11.8 Å². The largest absolute Gasteiger partial charge is 0.484 e. The van der Waals surface area contributed by atoms with Crippen molar-refractivity contribution in [2.45, 2.75) is 43.4 Å². The van der Waals surface area contributed by atoms with Crippen molar-refractivity contribution in [2.75, 3.05) is 0 Å². The van der Waals surface area contributed by atoms with Gasteiger partial charge in [-0.3, -0.25) is 14.9 Å². The first kappa shape index (κ1) is 16.3. The molecule has 7 heteroatoms. The Kier molecular flexibility index (Phi) is 5.82. The number of carbonyl (C=O) groups is 1. The summed E-state index contributed by atoms with van der Waals surface area (Å²) in [5.41, 5.74) is -0.108. The minimum atomic E-state index is -0.928. The summed E-state index contributed by atoms with van der Waals surface area (Å²) in [5.74, 6) is -0.722. The van der Waals surface area contributed by atoms with Gasteiger partial charge in [-0.25, -0.2) is 0 Å². The van der Waals surface area contributed by atoms with E-state index in [2.05, 4.69) is 0 Å². The van der Waals surface area contributed by atoms with Gasteiger partial charge in [0.25, 0.3) is 0 Å². The van der Waals surface area contributed by atoms with E-state index in [9.17, 15) is 14.9 Å². The van der Waals surface area contributed by atoms with Crippen LogP contribution in [0.25, 0.3) is 0 Å². The molecule has 110 valence electrons. The molecule has 0 saturated carbocycles. The highest BCUT2D eigenvalue weighted by atomic mass is 32.2. The number of thioether (sulfide) groups is 1. The highest BCUT2D eigenvalue weighted by Crippen LogP contribution is 2.39. The van der Waals surface area contributed by atoms with Gasteiger partial charge in [0.2, 0.25) is 0 Å². The topological polar surface area (TPSA) is 89.7 Å². The zero-order chi connectivity index (χ0) is 15.3. The molecule has 1 N–H and O–H groups in total. The lowest BCUT2D eigenvalue weighted by molar-refractivity contribution is -0.388. The molecule has 0 spiro atoms. The molecule has 0 fully saturated rings. The molecular formula is C13H17NO5S. The standard InChI is InChI=1S/C13H17NO5S/c1-8(2)19-10-5-4-6-11(13(10)14(17)18)20-9(3)7-12(15)16/h4-6,8-9H,7H2,1-3H3,(H,15,16).